The van der Waals surface area contributed by atoms with Gasteiger partial charge in [0.1, 0.15) is 5.01 Å². The Morgan fingerprint density at radius 3 is 2.95 bits per heavy atom. The van der Waals surface area contributed by atoms with Gasteiger partial charge in [-0.25, -0.2) is 9.98 Å². The predicted octanol–water partition coefficient (Wildman–Crippen LogP) is 2.53. The Bertz CT molecular complexity index is 470. The molecule has 1 saturated carbocycles. The van der Waals surface area contributed by atoms with Crippen LogP contribution >= 0.6 is 11.3 Å². The van der Waals surface area contributed by atoms with E-state index in [9.17, 15) is 0 Å². The molecule has 1 aliphatic carbocycles. The molecule has 0 amide bonds. The van der Waals surface area contributed by atoms with Gasteiger partial charge in [0, 0.05) is 37.8 Å². The molecule has 0 bridgehead atoms. The normalized spacial score (nSPS) is 15.1. The second-order valence-electron chi connectivity index (χ2n) is 5.68. The van der Waals surface area contributed by atoms with Crippen molar-refractivity contribution < 1.29 is 4.74 Å². The number of hydrogen-bond acceptors (Lipinski definition) is 4. The first-order valence-electron chi connectivity index (χ1n) is 8.23. The predicted molar refractivity (Wildman–Crippen MR) is 92.5 cm³/mol. The van der Waals surface area contributed by atoms with Crippen molar-refractivity contribution >= 4 is 17.3 Å². The second-order valence-corrected chi connectivity index (χ2v) is 6.88. The third-order valence-corrected chi connectivity index (χ3v) is 4.76. The molecule has 0 spiro atoms. The van der Waals surface area contributed by atoms with E-state index >= 15 is 0 Å². The number of thiazole rings is 1. The maximum atomic E-state index is 5.70. The van der Waals surface area contributed by atoms with Gasteiger partial charge in [0.05, 0.1) is 13.2 Å². The smallest absolute Gasteiger partial charge is 0.194 e. The molecule has 0 atom stereocenters. The maximum Gasteiger partial charge on any atom is 0.194 e. The van der Waals surface area contributed by atoms with E-state index < -0.39 is 0 Å². The molecule has 0 saturated heterocycles. The Kier molecular flexibility index (Phi) is 7.12. The van der Waals surface area contributed by atoms with E-state index in [-0.39, 0.29) is 0 Å². The van der Waals surface area contributed by atoms with Gasteiger partial charge in [0.15, 0.2) is 5.96 Å². The fourth-order valence-corrected chi connectivity index (χ4v) is 2.83. The second kappa shape index (κ2) is 9.10. The maximum absolute atomic E-state index is 5.70. The van der Waals surface area contributed by atoms with Crippen molar-refractivity contribution in [2.75, 3.05) is 33.4 Å². The lowest BCUT2D eigenvalue weighted by Crippen LogP contribution is -2.40. The zero-order chi connectivity index (χ0) is 15.8. The van der Waals surface area contributed by atoms with Gasteiger partial charge >= 0.3 is 0 Å². The monoisotopic (exact) mass is 324 g/mol. The molecule has 124 valence electrons. The molecular weight excluding hydrogens is 296 g/mol. The van der Waals surface area contributed by atoms with E-state index in [1.165, 1.54) is 17.7 Å². The van der Waals surface area contributed by atoms with Crippen LogP contribution in [-0.4, -0.2) is 49.2 Å². The topological polar surface area (TPSA) is 49.8 Å². The summed E-state index contributed by atoms with van der Waals surface area (Å²) >= 11 is 1.75. The van der Waals surface area contributed by atoms with Crippen LogP contribution in [0.1, 0.15) is 36.6 Å². The summed E-state index contributed by atoms with van der Waals surface area (Å²) in [7, 11) is 2.06. The summed E-state index contributed by atoms with van der Waals surface area (Å²) in [5, 5.41) is 4.41. The van der Waals surface area contributed by atoms with E-state index in [1.54, 1.807) is 11.3 Å². The van der Waals surface area contributed by atoms with Crippen molar-refractivity contribution in [3.05, 3.63) is 16.1 Å². The van der Waals surface area contributed by atoms with E-state index in [4.69, 9.17) is 4.74 Å². The first-order chi connectivity index (χ1) is 10.7. The molecular formula is C16H28N4OS. The minimum absolute atomic E-state index is 0.639. The first kappa shape index (κ1) is 17.2. The Hall–Kier alpha value is -1.14. The number of rotatable bonds is 9. The van der Waals surface area contributed by atoms with E-state index in [2.05, 4.69) is 41.1 Å². The van der Waals surface area contributed by atoms with Gasteiger partial charge in [-0.2, -0.15) is 0 Å². The fourth-order valence-electron chi connectivity index (χ4n) is 2.04. The van der Waals surface area contributed by atoms with Crippen molar-refractivity contribution in [2.45, 2.75) is 39.7 Å². The lowest BCUT2D eigenvalue weighted by atomic mass is 10.4. The van der Waals surface area contributed by atoms with Crippen LogP contribution in [0.15, 0.2) is 11.2 Å². The largest absolute Gasteiger partial charge is 0.379 e. The minimum Gasteiger partial charge on any atom is -0.379 e. The standard InChI is InChI=1S/C16H28N4OS/c1-4-14-10-18-15(22-14)11-19-16(17-5-2)20(3)8-9-21-12-13-6-7-13/h10,13H,4-9,11-12H2,1-3H3,(H,17,19). The van der Waals surface area contributed by atoms with Crippen LogP contribution in [0, 0.1) is 5.92 Å². The van der Waals surface area contributed by atoms with Crippen molar-refractivity contribution in [1.82, 2.24) is 15.2 Å². The highest BCUT2D eigenvalue weighted by atomic mass is 32.1. The summed E-state index contributed by atoms with van der Waals surface area (Å²) < 4.78 is 5.70. The lowest BCUT2D eigenvalue weighted by molar-refractivity contribution is 0.115. The third-order valence-electron chi connectivity index (χ3n) is 3.63. The van der Waals surface area contributed by atoms with Crippen LogP contribution in [0.25, 0.3) is 0 Å². The van der Waals surface area contributed by atoms with Gasteiger partial charge in [-0.15, -0.1) is 11.3 Å². The van der Waals surface area contributed by atoms with Crippen LogP contribution in [0.4, 0.5) is 0 Å². The number of ether oxygens (including phenoxy) is 1. The third kappa shape index (κ3) is 5.93. The van der Waals surface area contributed by atoms with Crippen LogP contribution in [0.5, 0.6) is 0 Å². The van der Waals surface area contributed by atoms with Gasteiger partial charge in [-0.3, -0.25) is 0 Å². The molecule has 0 aliphatic heterocycles. The number of hydrogen-bond donors (Lipinski definition) is 1. The van der Waals surface area contributed by atoms with Crippen LogP contribution in [-0.2, 0) is 17.7 Å². The Balaban J connectivity index is 1.78. The van der Waals surface area contributed by atoms with Gasteiger partial charge in [-0.05, 0) is 32.1 Å². The minimum atomic E-state index is 0.639. The molecule has 2 rings (SSSR count). The Labute approximate surface area is 137 Å². The van der Waals surface area contributed by atoms with Gasteiger partial charge in [-0.1, -0.05) is 6.92 Å². The fraction of sp³-hybridized carbons (Fsp3) is 0.750. The van der Waals surface area contributed by atoms with Gasteiger partial charge in [0.25, 0.3) is 0 Å². The molecule has 0 aromatic carbocycles. The molecule has 22 heavy (non-hydrogen) atoms. The summed E-state index contributed by atoms with van der Waals surface area (Å²) in [5.41, 5.74) is 0. The van der Waals surface area contributed by atoms with Crippen molar-refractivity contribution in [1.29, 1.82) is 0 Å². The molecule has 0 unspecified atom stereocenters. The molecule has 1 aliphatic rings. The number of aromatic nitrogens is 1. The highest BCUT2D eigenvalue weighted by Crippen LogP contribution is 2.28. The van der Waals surface area contributed by atoms with Crippen molar-refractivity contribution in [3.8, 4) is 0 Å². The lowest BCUT2D eigenvalue weighted by Gasteiger charge is -2.21. The van der Waals surface area contributed by atoms with Gasteiger partial charge in [0.2, 0.25) is 0 Å². The summed E-state index contributed by atoms with van der Waals surface area (Å²) in [6.07, 6.45) is 5.68. The average molecular weight is 324 g/mol. The molecule has 6 heteroatoms. The average Bonchev–Trinajstić information content (AvgIpc) is 3.24. The van der Waals surface area contributed by atoms with Crippen LogP contribution < -0.4 is 5.32 Å². The molecule has 1 aromatic rings. The number of nitrogens with zero attached hydrogens (tertiary/aromatic N) is 3. The summed E-state index contributed by atoms with van der Waals surface area (Å²) in [6, 6.07) is 0. The van der Waals surface area contributed by atoms with Crippen LogP contribution in [0.3, 0.4) is 0 Å². The number of aliphatic imine (C=N–C) groups is 1. The highest BCUT2D eigenvalue weighted by molar-refractivity contribution is 7.11. The Morgan fingerprint density at radius 1 is 1.50 bits per heavy atom. The van der Waals surface area contributed by atoms with E-state index in [1.807, 2.05) is 6.20 Å². The molecule has 1 heterocycles. The molecule has 1 N–H and O–H groups in total. The van der Waals surface area contributed by atoms with Crippen LogP contribution in [0.2, 0.25) is 0 Å². The zero-order valence-electron chi connectivity index (χ0n) is 14.0. The van der Waals surface area contributed by atoms with E-state index in [0.717, 1.165) is 49.6 Å². The number of nitrogens with one attached hydrogen (secondary N) is 1. The molecule has 5 nitrogen and oxygen atoms in total. The first-order valence-corrected chi connectivity index (χ1v) is 9.05. The summed E-state index contributed by atoms with van der Waals surface area (Å²) in [5.74, 6) is 1.75. The SMILES string of the molecule is CCNC(=NCc1ncc(CC)s1)N(C)CCOCC1CC1. The number of likely N-dealkylation sites (N-methyl/N-ethyl adjacent to an activating group) is 1. The summed E-state index contributed by atoms with van der Waals surface area (Å²) in [6.45, 7) is 8.28. The number of aryl methyl sites for hydroxylation is 1. The highest BCUT2D eigenvalue weighted by Gasteiger charge is 2.21. The molecule has 0 radical (unpaired) electrons. The molecule has 1 fully saturated rings. The Morgan fingerprint density at radius 2 is 2.32 bits per heavy atom. The quantitative estimate of drug-likeness (QED) is 0.431. The summed E-state index contributed by atoms with van der Waals surface area (Å²) in [4.78, 5) is 12.5. The molecule has 1 aromatic heterocycles. The van der Waals surface area contributed by atoms with E-state index in [0.29, 0.717) is 6.54 Å². The van der Waals surface area contributed by atoms with Crippen molar-refractivity contribution in [3.63, 3.8) is 0 Å². The number of guanidine groups is 1. The van der Waals surface area contributed by atoms with Crippen molar-refractivity contribution in [2.24, 2.45) is 10.9 Å². The zero-order valence-corrected chi connectivity index (χ0v) is 14.8. The van der Waals surface area contributed by atoms with Gasteiger partial charge < -0.3 is 15.0 Å².